The minimum absolute atomic E-state index is 0. The van der Waals surface area contributed by atoms with E-state index in [0.717, 1.165) is 54.4 Å². The van der Waals surface area contributed by atoms with Gasteiger partial charge in [-0.15, -0.1) is 24.0 Å². The smallest absolute Gasteiger partial charge is 0.191 e. The van der Waals surface area contributed by atoms with Crippen LogP contribution in [0.5, 0.6) is 0 Å². The van der Waals surface area contributed by atoms with E-state index < -0.39 is 0 Å². The Bertz CT molecular complexity index is 436. The molecule has 0 radical (unpaired) electrons. The second-order valence-corrected chi connectivity index (χ2v) is 6.71. The van der Waals surface area contributed by atoms with Crippen molar-refractivity contribution in [2.24, 2.45) is 10.7 Å². The zero-order valence-electron chi connectivity index (χ0n) is 11.4. The molecule has 0 atom stereocenters. The molecule has 0 saturated carbocycles. The summed E-state index contributed by atoms with van der Waals surface area (Å²) in [6, 6.07) is 8.44. The Labute approximate surface area is 150 Å². The fraction of sp³-hybridized carbons (Fsp3) is 0.500. The lowest BCUT2D eigenvalue weighted by molar-refractivity contribution is 0.455. The molecular formula is C14H21BrIN3S. The molecule has 1 saturated heterocycles. The van der Waals surface area contributed by atoms with Crippen LogP contribution in [0, 0.1) is 0 Å². The molecule has 6 heteroatoms. The summed E-state index contributed by atoms with van der Waals surface area (Å²) in [5, 5.41) is 0. The summed E-state index contributed by atoms with van der Waals surface area (Å²) in [7, 11) is 0. The van der Waals surface area contributed by atoms with Crippen LogP contribution in [0.25, 0.3) is 0 Å². The van der Waals surface area contributed by atoms with Crippen LogP contribution in [0.3, 0.4) is 0 Å². The Morgan fingerprint density at radius 3 is 2.80 bits per heavy atom. The first-order valence-electron chi connectivity index (χ1n) is 6.63. The minimum atomic E-state index is 0. The first kappa shape index (κ1) is 18.1. The third-order valence-corrected chi connectivity index (χ3v) is 4.56. The number of nitrogens with zero attached hydrogens (tertiary/aromatic N) is 2. The molecule has 1 heterocycles. The fourth-order valence-corrected chi connectivity index (χ4v) is 3.41. The van der Waals surface area contributed by atoms with Gasteiger partial charge in [-0.1, -0.05) is 28.1 Å². The lowest BCUT2D eigenvalue weighted by atomic mass is 10.1. The minimum Gasteiger partial charge on any atom is -0.370 e. The molecular weight excluding hydrogens is 449 g/mol. The fourth-order valence-electron chi connectivity index (χ4n) is 2.06. The third kappa shape index (κ3) is 6.22. The molecule has 2 rings (SSSR count). The van der Waals surface area contributed by atoms with Crippen LogP contribution < -0.4 is 5.73 Å². The van der Waals surface area contributed by atoms with Gasteiger partial charge in [-0.25, -0.2) is 0 Å². The van der Waals surface area contributed by atoms with Crippen molar-refractivity contribution in [3.8, 4) is 0 Å². The van der Waals surface area contributed by atoms with Crippen LogP contribution in [-0.4, -0.2) is 42.0 Å². The van der Waals surface area contributed by atoms with Crippen LogP contribution in [0.1, 0.15) is 12.0 Å². The zero-order chi connectivity index (χ0) is 13.5. The molecule has 20 heavy (non-hydrogen) atoms. The van der Waals surface area contributed by atoms with Gasteiger partial charge in [0.2, 0.25) is 0 Å². The summed E-state index contributed by atoms with van der Waals surface area (Å²) < 4.78 is 1.14. The highest BCUT2D eigenvalue weighted by Crippen LogP contribution is 2.13. The molecule has 112 valence electrons. The first-order chi connectivity index (χ1) is 9.25. The number of aryl methyl sites for hydroxylation is 1. The number of hydrogen-bond donors (Lipinski definition) is 1. The Morgan fingerprint density at radius 1 is 1.35 bits per heavy atom. The summed E-state index contributed by atoms with van der Waals surface area (Å²) in [6.45, 7) is 2.87. The van der Waals surface area contributed by atoms with E-state index in [9.17, 15) is 0 Å². The summed E-state index contributed by atoms with van der Waals surface area (Å²) in [4.78, 5) is 6.67. The maximum absolute atomic E-state index is 6.01. The molecule has 3 nitrogen and oxygen atoms in total. The van der Waals surface area contributed by atoms with Gasteiger partial charge in [0.05, 0.1) is 0 Å². The lowest BCUT2D eigenvalue weighted by Crippen LogP contribution is -2.42. The van der Waals surface area contributed by atoms with E-state index in [2.05, 4.69) is 44.0 Å². The number of thioether (sulfide) groups is 1. The maximum atomic E-state index is 6.01. The van der Waals surface area contributed by atoms with Crippen molar-refractivity contribution in [2.45, 2.75) is 12.8 Å². The van der Waals surface area contributed by atoms with E-state index >= 15 is 0 Å². The van der Waals surface area contributed by atoms with Crippen molar-refractivity contribution in [3.63, 3.8) is 0 Å². The molecule has 0 spiro atoms. The number of benzene rings is 1. The highest BCUT2D eigenvalue weighted by atomic mass is 127. The highest BCUT2D eigenvalue weighted by Gasteiger charge is 2.11. The predicted octanol–water partition coefficient (Wildman–Crippen LogP) is 3.36. The molecule has 1 aromatic rings. The van der Waals surface area contributed by atoms with E-state index in [1.807, 2.05) is 17.8 Å². The van der Waals surface area contributed by atoms with Gasteiger partial charge in [-0.3, -0.25) is 4.99 Å². The van der Waals surface area contributed by atoms with E-state index in [4.69, 9.17) is 5.73 Å². The average molecular weight is 470 g/mol. The van der Waals surface area contributed by atoms with Crippen LogP contribution in [0.4, 0.5) is 0 Å². The quantitative estimate of drug-likeness (QED) is 0.318. The zero-order valence-corrected chi connectivity index (χ0v) is 16.2. The van der Waals surface area contributed by atoms with Crippen molar-refractivity contribution in [1.82, 2.24) is 4.90 Å². The van der Waals surface area contributed by atoms with Crippen LogP contribution >= 0.6 is 51.7 Å². The second-order valence-electron chi connectivity index (χ2n) is 4.57. The van der Waals surface area contributed by atoms with Gasteiger partial charge >= 0.3 is 0 Å². The predicted molar refractivity (Wildman–Crippen MR) is 103 cm³/mol. The Kier molecular flexibility index (Phi) is 8.95. The molecule has 0 unspecified atom stereocenters. The highest BCUT2D eigenvalue weighted by molar-refractivity contribution is 14.0. The topological polar surface area (TPSA) is 41.6 Å². The molecule has 0 bridgehead atoms. The SMILES string of the molecule is I.NC(=NCCCc1cccc(Br)c1)N1CCSCC1. The number of hydrogen-bond acceptors (Lipinski definition) is 2. The molecule has 1 aromatic carbocycles. The van der Waals surface area contributed by atoms with Crippen molar-refractivity contribution in [3.05, 3.63) is 34.3 Å². The molecule has 0 aromatic heterocycles. The van der Waals surface area contributed by atoms with Gasteiger partial charge in [0.25, 0.3) is 0 Å². The Morgan fingerprint density at radius 2 is 2.10 bits per heavy atom. The molecule has 0 aliphatic carbocycles. The summed E-state index contributed by atoms with van der Waals surface area (Å²) in [5.41, 5.74) is 7.36. The van der Waals surface area contributed by atoms with Crippen molar-refractivity contribution < 1.29 is 0 Å². The number of rotatable bonds is 4. The number of nitrogens with two attached hydrogens (primary N) is 1. The Balaban J connectivity index is 0.00000200. The van der Waals surface area contributed by atoms with Crippen LogP contribution in [0.15, 0.2) is 33.7 Å². The van der Waals surface area contributed by atoms with Gasteiger partial charge < -0.3 is 10.6 Å². The average Bonchev–Trinajstić information content (AvgIpc) is 2.44. The van der Waals surface area contributed by atoms with E-state index in [1.54, 1.807) is 0 Å². The summed E-state index contributed by atoms with van der Waals surface area (Å²) >= 11 is 5.48. The maximum Gasteiger partial charge on any atom is 0.191 e. The molecule has 1 fully saturated rings. The standard InChI is InChI=1S/C14H20BrN3S.HI/c15-13-5-1-3-12(11-13)4-2-6-17-14(16)18-7-9-19-10-8-18;/h1,3,5,11H,2,4,6-10H2,(H2,16,17);1H. The molecule has 0 amide bonds. The lowest BCUT2D eigenvalue weighted by Gasteiger charge is -2.27. The normalized spacial score (nSPS) is 15.8. The van der Waals surface area contributed by atoms with Crippen molar-refractivity contribution >= 4 is 57.6 Å². The third-order valence-electron chi connectivity index (χ3n) is 3.12. The van der Waals surface area contributed by atoms with Gasteiger partial charge in [-0.05, 0) is 30.5 Å². The van der Waals surface area contributed by atoms with Crippen molar-refractivity contribution in [1.29, 1.82) is 0 Å². The summed E-state index contributed by atoms with van der Waals surface area (Å²) in [6.07, 6.45) is 2.09. The number of aliphatic imine (C=N–C) groups is 1. The van der Waals surface area contributed by atoms with Crippen LogP contribution in [-0.2, 0) is 6.42 Å². The van der Waals surface area contributed by atoms with Gasteiger partial charge in [0, 0.05) is 35.6 Å². The van der Waals surface area contributed by atoms with Crippen molar-refractivity contribution in [2.75, 3.05) is 31.1 Å². The van der Waals surface area contributed by atoms with E-state index in [-0.39, 0.29) is 24.0 Å². The van der Waals surface area contributed by atoms with Crippen LogP contribution in [0.2, 0.25) is 0 Å². The second kappa shape index (κ2) is 9.89. The Hall–Kier alpha value is 0.0500. The number of guanidine groups is 1. The van der Waals surface area contributed by atoms with E-state index in [1.165, 1.54) is 5.56 Å². The van der Waals surface area contributed by atoms with Gasteiger partial charge in [0.15, 0.2) is 5.96 Å². The monoisotopic (exact) mass is 469 g/mol. The van der Waals surface area contributed by atoms with Gasteiger partial charge in [0.1, 0.15) is 0 Å². The van der Waals surface area contributed by atoms with Gasteiger partial charge in [-0.2, -0.15) is 11.8 Å². The number of halogens is 2. The molecule has 1 aliphatic heterocycles. The van der Waals surface area contributed by atoms with E-state index in [0.29, 0.717) is 0 Å². The molecule has 1 aliphatic rings. The largest absolute Gasteiger partial charge is 0.370 e. The summed E-state index contributed by atoms with van der Waals surface area (Å²) in [5.74, 6) is 3.04. The molecule has 2 N–H and O–H groups in total. The first-order valence-corrected chi connectivity index (χ1v) is 8.57.